The number of hydrogen-bond donors (Lipinski definition) is 2. The minimum absolute atomic E-state index is 0.0352. The van der Waals surface area contributed by atoms with Crippen LogP contribution in [0.15, 0.2) is 36.4 Å². The number of anilines is 1. The molecule has 0 aliphatic carbocycles. The Bertz CT molecular complexity index is 666. The standard InChI is InChI=1S/C17H21N3O2/c18-16-4-3-13-11-15(2-1-14(13)12-16)17(21)19-5-6-20-7-9-22-10-8-20/h1-4,11-12H,5-10,18H2,(H,19,21). The van der Waals surface area contributed by atoms with Gasteiger partial charge in [-0.25, -0.2) is 0 Å². The van der Waals surface area contributed by atoms with Gasteiger partial charge < -0.3 is 15.8 Å². The summed E-state index contributed by atoms with van der Waals surface area (Å²) < 4.78 is 5.31. The molecule has 0 radical (unpaired) electrons. The van der Waals surface area contributed by atoms with E-state index in [1.54, 1.807) is 0 Å². The second kappa shape index (κ2) is 6.77. The number of nitrogens with two attached hydrogens (primary N) is 1. The Morgan fingerprint density at radius 2 is 1.86 bits per heavy atom. The fraction of sp³-hybridized carbons (Fsp3) is 0.353. The van der Waals surface area contributed by atoms with Crippen molar-refractivity contribution >= 4 is 22.4 Å². The number of nitrogen functional groups attached to an aromatic ring is 1. The summed E-state index contributed by atoms with van der Waals surface area (Å²) in [5.41, 5.74) is 7.18. The number of amides is 1. The molecule has 1 aliphatic heterocycles. The van der Waals surface area contributed by atoms with Crippen LogP contribution in [0.2, 0.25) is 0 Å². The number of rotatable bonds is 4. The molecule has 0 bridgehead atoms. The van der Waals surface area contributed by atoms with Crippen LogP contribution < -0.4 is 11.1 Å². The molecule has 116 valence electrons. The maximum Gasteiger partial charge on any atom is 0.251 e. The number of carbonyl (C=O) groups excluding carboxylic acids is 1. The van der Waals surface area contributed by atoms with Crippen LogP contribution in [0, 0.1) is 0 Å². The Morgan fingerprint density at radius 3 is 2.68 bits per heavy atom. The van der Waals surface area contributed by atoms with Crippen LogP contribution in [0.4, 0.5) is 5.69 Å². The lowest BCUT2D eigenvalue weighted by atomic mass is 10.1. The maximum absolute atomic E-state index is 12.2. The number of morpholine rings is 1. The third-order valence-electron chi connectivity index (χ3n) is 3.94. The molecule has 3 rings (SSSR count). The van der Waals surface area contributed by atoms with Gasteiger partial charge in [-0.2, -0.15) is 0 Å². The smallest absolute Gasteiger partial charge is 0.251 e. The molecule has 0 aromatic heterocycles. The molecule has 0 spiro atoms. The highest BCUT2D eigenvalue weighted by Crippen LogP contribution is 2.18. The molecule has 1 fully saturated rings. The van der Waals surface area contributed by atoms with E-state index in [0.29, 0.717) is 12.1 Å². The van der Waals surface area contributed by atoms with E-state index in [2.05, 4.69) is 10.2 Å². The first-order valence-corrected chi connectivity index (χ1v) is 7.60. The lowest BCUT2D eigenvalue weighted by molar-refractivity contribution is 0.0383. The van der Waals surface area contributed by atoms with Gasteiger partial charge in [-0.05, 0) is 35.0 Å². The zero-order valence-corrected chi connectivity index (χ0v) is 12.5. The van der Waals surface area contributed by atoms with E-state index in [0.717, 1.165) is 49.3 Å². The van der Waals surface area contributed by atoms with Crippen molar-refractivity contribution in [3.05, 3.63) is 42.0 Å². The Balaban J connectivity index is 1.58. The molecule has 1 heterocycles. The largest absolute Gasteiger partial charge is 0.399 e. The average Bonchev–Trinajstić information content (AvgIpc) is 2.55. The van der Waals surface area contributed by atoms with Crippen molar-refractivity contribution in [3.63, 3.8) is 0 Å². The van der Waals surface area contributed by atoms with Crippen LogP contribution in [0.3, 0.4) is 0 Å². The molecule has 1 aliphatic rings. The van der Waals surface area contributed by atoms with E-state index in [4.69, 9.17) is 10.5 Å². The molecule has 0 saturated carbocycles. The van der Waals surface area contributed by atoms with Crippen molar-refractivity contribution in [2.75, 3.05) is 45.1 Å². The van der Waals surface area contributed by atoms with Crippen LogP contribution in [-0.2, 0) is 4.74 Å². The van der Waals surface area contributed by atoms with Gasteiger partial charge in [0.15, 0.2) is 0 Å². The number of hydrogen-bond acceptors (Lipinski definition) is 4. The van der Waals surface area contributed by atoms with Gasteiger partial charge >= 0.3 is 0 Å². The number of benzene rings is 2. The minimum atomic E-state index is -0.0352. The predicted octanol–water partition coefficient (Wildman–Crippen LogP) is 1.48. The molecule has 5 nitrogen and oxygen atoms in total. The van der Waals surface area contributed by atoms with E-state index in [9.17, 15) is 4.79 Å². The van der Waals surface area contributed by atoms with Gasteiger partial charge in [0.25, 0.3) is 5.91 Å². The number of nitrogens with zero attached hydrogens (tertiary/aromatic N) is 1. The van der Waals surface area contributed by atoms with E-state index in [1.807, 2.05) is 36.4 Å². The highest BCUT2D eigenvalue weighted by atomic mass is 16.5. The van der Waals surface area contributed by atoms with E-state index < -0.39 is 0 Å². The molecule has 1 saturated heterocycles. The van der Waals surface area contributed by atoms with Crippen LogP contribution >= 0.6 is 0 Å². The van der Waals surface area contributed by atoms with Crippen LogP contribution in [0.5, 0.6) is 0 Å². The van der Waals surface area contributed by atoms with Gasteiger partial charge in [0, 0.05) is 37.4 Å². The molecule has 3 N–H and O–H groups in total. The zero-order chi connectivity index (χ0) is 15.4. The fourth-order valence-corrected chi connectivity index (χ4v) is 2.66. The molecule has 2 aromatic rings. The summed E-state index contributed by atoms with van der Waals surface area (Å²) in [5.74, 6) is -0.0352. The maximum atomic E-state index is 12.2. The Hall–Kier alpha value is -2.11. The van der Waals surface area contributed by atoms with Gasteiger partial charge in [-0.15, -0.1) is 0 Å². The first-order valence-electron chi connectivity index (χ1n) is 7.60. The summed E-state index contributed by atoms with van der Waals surface area (Å²) >= 11 is 0. The predicted molar refractivity (Wildman–Crippen MR) is 88.0 cm³/mol. The van der Waals surface area contributed by atoms with Crippen LogP contribution in [0.1, 0.15) is 10.4 Å². The van der Waals surface area contributed by atoms with E-state index in [-0.39, 0.29) is 5.91 Å². The van der Waals surface area contributed by atoms with Gasteiger partial charge in [0.2, 0.25) is 0 Å². The molecular weight excluding hydrogens is 278 g/mol. The number of carbonyl (C=O) groups is 1. The minimum Gasteiger partial charge on any atom is -0.399 e. The summed E-state index contributed by atoms with van der Waals surface area (Å²) in [6, 6.07) is 11.4. The summed E-state index contributed by atoms with van der Waals surface area (Å²) in [4.78, 5) is 14.5. The van der Waals surface area contributed by atoms with E-state index in [1.165, 1.54) is 0 Å². The summed E-state index contributed by atoms with van der Waals surface area (Å²) in [6.07, 6.45) is 0. The lowest BCUT2D eigenvalue weighted by Crippen LogP contribution is -2.41. The second-order valence-electron chi connectivity index (χ2n) is 5.53. The number of nitrogens with one attached hydrogen (secondary N) is 1. The van der Waals surface area contributed by atoms with Crippen molar-refractivity contribution in [1.29, 1.82) is 0 Å². The fourth-order valence-electron chi connectivity index (χ4n) is 2.66. The molecule has 5 heteroatoms. The van der Waals surface area contributed by atoms with Crippen molar-refractivity contribution in [1.82, 2.24) is 10.2 Å². The summed E-state index contributed by atoms with van der Waals surface area (Å²) in [5, 5.41) is 5.05. The average molecular weight is 299 g/mol. The SMILES string of the molecule is Nc1ccc2cc(C(=O)NCCN3CCOCC3)ccc2c1. The zero-order valence-electron chi connectivity index (χ0n) is 12.5. The van der Waals surface area contributed by atoms with Crippen LogP contribution in [0.25, 0.3) is 10.8 Å². The highest BCUT2D eigenvalue weighted by molar-refractivity contribution is 5.99. The molecule has 0 atom stereocenters. The number of fused-ring (bicyclic) bond motifs is 1. The first kappa shape index (κ1) is 14.8. The Labute approximate surface area is 130 Å². The molecule has 0 unspecified atom stereocenters. The molecule has 2 aromatic carbocycles. The molecular formula is C17H21N3O2. The van der Waals surface area contributed by atoms with Gasteiger partial charge in [-0.1, -0.05) is 12.1 Å². The summed E-state index contributed by atoms with van der Waals surface area (Å²) in [7, 11) is 0. The third kappa shape index (κ3) is 3.55. The van der Waals surface area contributed by atoms with Crippen molar-refractivity contribution in [2.45, 2.75) is 0 Å². The van der Waals surface area contributed by atoms with Crippen LogP contribution in [-0.4, -0.2) is 50.2 Å². The molecule has 22 heavy (non-hydrogen) atoms. The van der Waals surface area contributed by atoms with Crippen molar-refractivity contribution in [3.8, 4) is 0 Å². The monoisotopic (exact) mass is 299 g/mol. The van der Waals surface area contributed by atoms with Gasteiger partial charge in [-0.3, -0.25) is 9.69 Å². The highest BCUT2D eigenvalue weighted by Gasteiger charge is 2.11. The Morgan fingerprint density at radius 1 is 1.14 bits per heavy atom. The second-order valence-corrected chi connectivity index (χ2v) is 5.53. The lowest BCUT2D eigenvalue weighted by Gasteiger charge is -2.26. The van der Waals surface area contributed by atoms with Crippen molar-refractivity contribution in [2.24, 2.45) is 0 Å². The normalized spacial score (nSPS) is 15.8. The topological polar surface area (TPSA) is 67.6 Å². The number of ether oxygens (including phenoxy) is 1. The molecule has 1 amide bonds. The van der Waals surface area contributed by atoms with Gasteiger partial charge in [0.1, 0.15) is 0 Å². The third-order valence-corrected chi connectivity index (χ3v) is 3.94. The first-order chi connectivity index (χ1) is 10.7. The Kier molecular flexibility index (Phi) is 4.56. The van der Waals surface area contributed by atoms with E-state index >= 15 is 0 Å². The summed E-state index contributed by atoms with van der Waals surface area (Å²) in [6.45, 7) is 4.95. The van der Waals surface area contributed by atoms with Crippen molar-refractivity contribution < 1.29 is 9.53 Å². The quantitative estimate of drug-likeness (QED) is 0.839. The van der Waals surface area contributed by atoms with Gasteiger partial charge in [0.05, 0.1) is 13.2 Å².